The highest BCUT2D eigenvalue weighted by molar-refractivity contribution is 5.98. The molecule has 0 spiro atoms. The fourth-order valence-corrected chi connectivity index (χ4v) is 12.4. The lowest BCUT2D eigenvalue weighted by Crippen LogP contribution is -2.30. The fourth-order valence-electron chi connectivity index (χ4n) is 12.4. The second-order valence-electron chi connectivity index (χ2n) is 19.6. The quantitative estimate of drug-likeness (QED) is 0.0804. The SMILES string of the molecule is C#CCOc1ccc2cc(C3(c4ccc5cc(OCC=C)ccc5c4)c4ccccc4-c4cc5c(cc43)-c3ccccc3C5(c3ccc4cc(OCC#C)ccc4c3)c3ccc4cc(OCC=C)ccc4c3)ccc2c1. The average Bonchev–Trinajstić information content (AvgIpc) is 4.16. The van der Waals surface area contributed by atoms with Crippen molar-refractivity contribution in [1.29, 1.82) is 0 Å². The highest BCUT2D eigenvalue weighted by atomic mass is 16.5. The van der Waals surface area contributed by atoms with Crippen LogP contribution in [0.4, 0.5) is 0 Å². The summed E-state index contributed by atoms with van der Waals surface area (Å²) < 4.78 is 23.9. The van der Waals surface area contributed by atoms with Crippen molar-refractivity contribution >= 4 is 43.1 Å². The van der Waals surface area contributed by atoms with Crippen LogP contribution in [0.3, 0.4) is 0 Å². The van der Waals surface area contributed by atoms with Crippen LogP contribution in [0, 0.1) is 24.7 Å². The van der Waals surface area contributed by atoms with Crippen molar-refractivity contribution < 1.29 is 18.9 Å². The molecule has 0 radical (unpaired) electrons. The van der Waals surface area contributed by atoms with Crippen LogP contribution >= 0.6 is 0 Å². The first-order chi connectivity index (χ1) is 37.4. The minimum absolute atomic E-state index is 0.206. The van der Waals surface area contributed by atoms with Crippen LogP contribution in [0.1, 0.15) is 44.5 Å². The van der Waals surface area contributed by atoms with Gasteiger partial charge in [-0.1, -0.05) is 158 Å². The van der Waals surface area contributed by atoms with Crippen molar-refractivity contribution in [3.63, 3.8) is 0 Å². The third kappa shape index (κ3) is 7.26. The van der Waals surface area contributed by atoms with Gasteiger partial charge >= 0.3 is 0 Å². The molecule has 0 amide bonds. The first-order valence-corrected chi connectivity index (χ1v) is 25.6. The van der Waals surface area contributed by atoms with Crippen LogP contribution in [0.5, 0.6) is 23.0 Å². The van der Waals surface area contributed by atoms with Gasteiger partial charge in [-0.05, 0) is 195 Å². The van der Waals surface area contributed by atoms with Gasteiger partial charge in [0.05, 0.1) is 10.8 Å². The van der Waals surface area contributed by atoms with E-state index in [-0.39, 0.29) is 13.2 Å². The predicted molar refractivity (Wildman–Crippen MR) is 311 cm³/mol. The van der Waals surface area contributed by atoms with Crippen molar-refractivity contribution in [2.24, 2.45) is 0 Å². The molecule has 0 fully saturated rings. The molecule has 11 aromatic rings. The van der Waals surface area contributed by atoms with Gasteiger partial charge in [0, 0.05) is 0 Å². The van der Waals surface area contributed by atoms with Crippen LogP contribution in [0.2, 0.25) is 0 Å². The third-order valence-electron chi connectivity index (χ3n) is 15.6. The molecule has 2 aliphatic rings. The van der Waals surface area contributed by atoms with Gasteiger partial charge in [-0.25, -0.2) is 0 Å². The van der Waals surface area contributed by atoms with E-state index in [4.69, 9.17) is 31.8 Å². The molecule has 362 valence electrons. The highest BCUT2D eigenvalue weighted by Gasteiger charge is 2.51. The van der Waals surface area contributed by atoms with Crippen LogP contribution in [-0.4, -0.2) is 26.4 Å². The van der Waals surface area contributed by atoms with Crippen molar-refractivity contribution in [2.45, 2.75) is 10.8 Å². The minimum atomic E-state index is -0.739. The monoisotopic (exact) mass is 978 g/mol. The van der Waals surface area contributed by atoms with Crippen LogP contribution in [0.25, 0.3) is 65.3 Å². The van der Waals surface area contributed by atoms with E-state index in [1.165, 1.54) is 55.6 Å². The molecule has 4 heteroatoms. The van der Waals surface area contributed by atoms with Gasteiger partial charge < -0.3 is 18.9 Å². The van der Waals surface area contributed by atoms with Gasteiger partial charge in [-0.3, -0.25) is 0 Å². The molecule has 0 aromatic heterocycles. The summed E-state index contributed by atoms with van der Waals surface area (Å²) in [5.41, 5.74) is 12.9. The molecule has 76 heavy (non-hydrogen) atoms. The number of terminal acetylenes is 2. The van der Waals surface area contributed by atoms with Crippen molar-refractivity contribution in [3.05, 3.63) is 276 Å². The topological polar surface area (TPSA) is 36.9 Å². The molecular formula is C72H50O4. The van der Waals surface area contributed by atoms with Crippen LogP contribution in [-0.2, 0) is 10.8 Å². The molecule has 13 rings (SSSR count). The van der Waals surface area contributed by atoms with E-state index >= 15 is 0 Å². The predicted octanol–water partition coefficient (Wildman–Crippen LogP) is 16.2. The molecule has 11 aromatic carbocycles. The Bertz CT molecular complexity index is 4000. The van der Waals surface area contributed by atoms with Gasteiger partial charge in [0.25, 0.3) is 0 Å². The molecular weight excluding hydrogens is 929 g/mol. The summed E-state index contributed by atoms with van der Waals surface area (Å²) in [4.78, 5) is 0. The van der Waals surface area contributed by atoms with E-state index in [9.17, 15) is 0 Å². The van der Waals surface area contributed by atoms with E-state index in [1.54, 1.807) is 12.2 Å². The number of ether oxygens (including phenoxy) is 4. The second-order valence-corrected chi connectivity index (χ2v) is 19.6. The van der Waals surface area contributed by atoms with Gasteiger partial charge in [0.1, 0.15) is 49.4 Å². The zero-order valence-corrected chi connectivity index (χ0v) is 41.8. The first-order valence-electron chi connectivity index (χ1n) is 25.6. The number of hydrogen-bond donors (Lipinski definition) is 0. The zero-order chi connectivity index (χ0) is 51.4. The summed E-state index contributed by atoms with van der Waals surface area (Å²) in [5.74, 6) is 8.31. The van der Waals surface area contributed by atoms with E-state index in [0.717, 1.165) is 77.2 Å². The largest absolute Gasteiger partial charge is 0.490 e. The number of benzene rings is 11. The summed E-state index contributed by atoms with van der Waals surface area (Å²) in [5, 5.41) is 8.79. The molecule has 2 unspecified atom stereocenters. The van der Waals surface area contributed by atoms with E-state index in [0.29, 0.717) is 13.2 Å². The lowest BCUT2D eigenvalue weighted by atomic mass is 9.65. The third-order valence-corrected chi connectivity index (χ3v) is 15.6. The van der Waals surface area contributed by atoms with Crippen LogP contribution in [0.15, 0.2) is 232 Å². The Balaban J connectivity index is 1.10. The van der Waals surface area contributed by atoms with Gasteiger partial charge in [0.15, 0.2) is 0 Å². The summed E-state index contributed by atoms with van der Waals surface area (Å²) in [6.07, 6.45) is 14.7. The summed E-state index contributed by atoms with van der Waals surface area (Å²) in [6, 6.07) is 75.9. The summed E-state index contributed by atoms with van der Waals surface area (Å²) >= 11 is 0. The maximum absolute atomic E-state index is 6.02. The maximum atomic E-state index is 6.02. The van der Waals surface area contributed by atoms with E-state index in [2.05, 4.69) is 219 Å². The smallest absolute Gasteiger partial charge is 0.148 e. The first kappa shape index (κ1) is 46.1. The Morgan fingerprint density at radius 2 is 0.632 bits per heavy atom. The van der Waals surface area contributed by atoms with Gasteiger partial charge in [-0.15, -0.1) is 12.8 Å². The summed E-state index contributed by atoms with van der Waals surface area (Å²) in [7, 11) is 0. The van der Waals surface area contributed by atoms with Crippen molar-refractivity contribution in [3.8, 4) is 69.9 Å². The highest BCUT2D eigenvalue weighted by Crippen LogP contribution is 2.63. The molecule has 0 heterocycles. The Morgan fingerprint density at radius 3 is 0.961 bits per heavy atom. The Hall–Kier alpha value is -9.74. The molecule has 0 aliphatic heterocycles. The van der Waals surface area contributed by atoms with E-state index < -0.39 is 10.8 Å². The van der Waals surface area contributed by atoms with Gasteiger partial charge in [0.2, 0.25) is 0 Å². The molecule has 0 saturated heterocycles. The minimum Gasteiger partial charge on any atom is -0.490 e. The molecule has 0 N–H and O–H groups in total. The number of hydrogen-bond acceptors (Lipinski definition) is 4. The Labute approximate surface area is 443 Å². The fraction of sp³-hybridized carbons (Fsp3) is 0.0833. The van der Waals surface area contributed by atoms with Crippen LogP contribution < -0.4 is 18.9 Å². The zero-order valence-electron chi connectivity index (χ0n) is 41.8. The van der Waals surface area contributed by atoms with Crippen molar-refractivity contribution in [1.82, 2.24) is 0 Å². The normalized spacial score (nSPS) is 15.8. The lowest BCUT2D eigenvalue weighted by Gasteiger charge is -2.36. The van der Waals surface area contributed by atoms with E-state index in [1.807, 2.05) is 12.1 Å². The molecule has 4 nitrogen and oxygen atoms in total. The Morgan fingerprint density at radius 1 is 0.329 bits per heavy atom. The Kier molecular flexibility index (Phi) is 11.3. The second kappa shape index (κ2) is 18.6. The maximum Gasteiger partial charge on any atom is 0.148 e. The van der Waals surface area contributed by atoms with Crippen molar-refractivity contribution in [2.75, 3.05) is 26.4 Å². The number of rotatable bonds is 14. The average molecular weight is 979 g/mol. The lowest BCUT2D eigenvalue weighted by molar-refractivity contribution is 0.363. The molecule has 2 atom stereocenters. The summed E-state index contributed by atoms with van der Waals surface area (Å²) in [6.45, 7) is 9.01. The standard InChI is InChI=1S/C72H50O4/c1-5-33-73-59-29-21-47-37-55(25-17-51(47)41-59)71(56-26-18-52-42-60(74-34-6-2)30-22-48(52)38-56)67-15-11-9-13-63(67)65-46-70-66(45-69(65)71)64-14-10-12-16-68(64)72(70,57-27-19-53-43-61(75-35-7-3)31-23-49(53)39-57)58-28-20-54-44-62(76-36-8-4)32-24-50(54)40-58/h1,3,6,8-32,37-46H,2,4,33-36H2. The molecule has 0 bridgehead atoms. The molecule has 0 saturated carbocycles. The van der Waals surface area contributed by atoms with Gasteiger partial charge in [-0.2, -0.15) is 0 Å². The number of fused-ring (bicyclic) bond motifs is 10. The molecule has 2 aliphatic carbocycles.